The van der Waals surface area contributed by atoms with Gasteiger partial charge in [-0.1, -0.05) is 60.7 Å². The van der Waals surface area contributed by atoms with Crippen LogP contribution in [0.2, 0.25) is 0 Å². The molecular formula is C22H16S. The van der Waals surface area contributed by atoms with Crippen molar-refractivity contribution in [3.63, 3.8) is 0 Å². The molecule has 0 atom stereocenters. The Morgan fingerprint density at radius 2 is 0.870 bits per heavy atom. The molecule has 0 spiro atoms. The summed E-state index contributed by atoms with van der Waals surface area (Å²) < 4.78 is 2.82. The number of fused-ring (bicyclic) bond motifs is 7. The molecular weight excluding hydrogens is 296 g/mol. The van der Waals surface area contributed by atoms with Gasteiger partial charge in [-0.15, -0.1) is 11.3 Å². The van der Waals surface area contributed by atoms with E-state index in [9.17, 15) is 0 Å². The van der Waals surface area contributed by atoms with E-state index in [1.54, 1.807) is 0 Å². The van der Waals surface area contributed by atoms with Crippen LogP contribution in [0.4, 0.5) is 0 Å². The van der Waals surface area contributed by atoms with Crippen LogP contribution in [0.3, 0.4) is 0 Å². The topological polar surface area (TPSA) is 0 Å². The third kappa shape index (κ3) is 1.71. The zero-order valence-electron chi connectivity index (χ0n) is 13.2. The Balaban J connectivity index is 2.06. The number of benzene rings is 4. The molecule has 23 heavy (non-hydrogen) atoms. The first-order valence-corrected chi connectivity index (χ1v) is 8.78. The van der Waals surface area contributed by atoms with Gasteiger partial charge in [-0.05, 0) is 46.5 Å². The third-order valence-electron chi connectivity index (χ3n) is 4.95. The van der Waals surface area contributed by atoms with Crippen LogP contribution in [0.1, 0.15) is 11.1 Å². The van der Waals surface area contributed by atoms with Gasteiger partial charge in [-0.2, -0.15) is 0 Å². The Bertz CT molecular complexity index is 1130. The molecule has 0 saturated heterocycles. The Hall–Kier alpha value is -2.38. The number of hydrogen-bond acceptors (Lipinski definition) is 1. The number of rotatable bonds is 0. The fraction of sp³-hybridized carbons (Fsp3) is 0.0909. The predicted molar refractivity (Wildman–Crippen MR) is 104 cm³/mol. The van der Waals surface area contributed by atoms with Gasteiger partial charge in [0.05, 0.1) is 0 Å². The van der Waals surface area contributed by atoms with E-state index < -0.39 is 0 Å². The summed E-state index contributed by atoms with van der Waals surface area (Å²) in [6, 6.07) is 22.4. The van der Waals surface area contributed by atoms with E-state index in [0.29, 0.717) is 0 Å². The first-order valence-electron chi connectivity index (χ1n) is 7.97. The summed E-state index contributed by atoms with van der Waals surface area (Å²) in [5, 5.41) is 8.26. The summed E-state index contributed by atoms with van der Waals surface area (Å²) in [6.45, 7) is 4.39. The SMILES string of the molecule is Cc1cccc2c1ccc1c3ccc4c(C)cccc4c3sc21. The molecule has 0 fully saturated rings. The molecule has 5 aromatic rings. The Labute approximate surface area is 139 Å². The highest BCUT2D eigenvalue weighted by atomic mass is 32.1. The molecule has 5 rings (SSSR count). The van der Waals surface area contributed by atoms with E-state index in [1.165, 1.54) is 52.8 Å². The fourth-order valence-electron chi connectivity index (χ4n) is 3.72. The molecule has 1 aromatic heterocycles. The quantitative estimate of drug-likeness (QED) is 0.289. The van der Waals surface area contributed by atoms with Gasteiger partial charge >= 0.3 is 0 Å². The summed E-state index contributed by atoms with van der Waals surface area (Å²) in [6.07, 6.45) is 0. The predicted octanol–water partition coefficient (Wildman–Crippen LogP) is 6.98. The van der Waals surface area contributed by atoms with Crippen LogP contribution in [0.5, 0.6) is 0 Å². The first kappa shape index (κ1) is 13.1. The summed E-state index contributed by atoms with van der Waals surface area (Å²) in [5.74, 6) is 0. The fourth-order valence-corrected chi connectivity index (χ4v) is 5.08. The molecule has 4 aromatic carbocycles. The van der Waals surface area contributed by atoms with Crippen LogP contribution >= 0.6 is 11.3 Å². The van der Waals surface area contributed by atoms with Crippen molar-refractivity contribution >= 4 is 53.1 Å². The highest BCUT2D eigenvalue weighted by Gasteiger charge is 2.11. The molecule has 110 valence electrons. The van der Waals surface area contributed by atoms with Crippen LogP contribution in [-0.2, 0) is 0 Å². The van der Waals surface area contributed by atoms with Crippen LogP contribution in [0.15, 0.2) is 60.7 Å². The summed E-state index contributed by atoms with van der Waals surface area (Å²) in [4.78, 5) is 0. The molecule has 0 bridgehead atoms. The van der Waals surface area contributed by atoms with E-state index in [0.717, 1.165) is 0 Å². The van der Waals surface area contributed by atoms with Gasteiger partial charge in [0.15, 0.2) is 0 Å². The van der Waals surface area contributed by atoms with Gasteiger partial charge < -0.3 is 0 Å². The van der Waals surface area contributed by atoms with Gasteiger partial charge in [0, 0.05) is 20.2 Å². The van der Waals surface area contributed by atoms with Crippen molar-refractivity contribution in [2.75, 3.05) is 0 Å². The van der Waals surface area contributed by atoms with Crippen molar-refractivity contribution in [1.29, 1.82) is 0 Å². The second-order valence-corrected chi connectivity index (χ2v) is 7.35. The van der Waals surface area contributed by atoms with Gasteiger partial charge in [-0.3, -0.25) is 0 Å². The largest absolute Gasteiger partial charge is 0.134 e. The molecule has 0 radical (unpaired) electrons. The standard InChI is InChI=1S/C22H16S/c1-13-5-3-7-17-15(13)9-11-19-20-12-10-16-14(2)6-4-8-18(16)22(20)23-21(17)19/h3-12H,1-2H3. The van der Waals surface area contributed by atoms with Crippen molar-refractivity contribution in [2.24, 2.45) is 0 Å². The molecule has 0 aliphatic carbocycles. The molecule has 0 aliphatic heterocycles. The molecule has 0 saturated carbocycles. The summed E-state index contributed by atoms with van der Waals surface area (Å²) >= 11 is 1.94. The number of aryl methyl sites for hydroxylation is 2. The van der Waals surface area contributed by atoms with Crippen molar-refractivity contribution in [2.45, 2.75) is 13.8 Å². The van der Waals surface area contributed by atoms with E-state index in [-0.39, 0.29) is 0 Å². The van der Waals surface area contributed by atoms with Crippen molar-refractivity contribution in [1.82, 2.24) is 0 Å². The Morgan fingerprint density at radius 3 is 1.35 bits per heavy atom. The first-order chi connectivity index (χ1) is 11.2. The second kappa shape index (κ2) is 4.56. The lowest BCUT2D eigenvalue weighted by Gasteiger charge is -2.03. The molecule has 0 amide bonds. The van der Waals surface area contributed by atoms with E-state index in [1.807, 2.05) is 11.3 Å². The second-order valence-electron chi connectivity index (χ2n) is 6.33. The van der Waals surface area contributed by atoms with Gasteiger partial charge in [0.1, 0.15) is 0 Å². The average molecular weight is 312 g/mol. The highest BCUT2D eigenvalue weighted by molar-refractivity contribution is 7.27. The maximum atomic E-state index is 2.30. The maximum Gasteiger partial charge on any atom is 0.0434 e. The summed E-state index contributed by atoms with van der Waals surface area (Å²) in [7, 11) is 0. The van der Waals surface area contributed by atoms with Crippen molar-refractivity contribution in [3.8, 4) is 0 Å². The molecule has 0 unspecified atom stereocenters. The minimum Gasteiger partial charge on any atom is -0.134 e. The maximum absolute atomic E-state index is 2.30. The van der Waals surface area contributed by atoms with Crippen LogP contribution in [0.25, 0.3) is 41.7 Å². The Morgan fingerprint density at radius 1 is 0.478 bits per heavy atom. The minimum absolute atomic E-state index is 1.35. The molecule has 1 heterocycles. The van der Waals surface area contributed by atoms with Crippen LogP contribution in [0, 0.1) is 13.8 Å². The zero-order valence-corrected chi connectivity index (χ0v) is 14.0. The van der Waals surface area contributed by atoms with Crippen molar-refractivity contribution < 1.29 is 0 Å². The molecule has 0 aliphatic rings. The van der Waals surface area contributed by atoms with Crippen molar-refractivity contribution in [3.05, 3.63) is 71.8 Å². The monoisotopic (exact) mass is 312 g/mol. The number of hydrogen-bond donors (Lipinski definition) is 0. The molecule has 0 nitrogen and oxygen atoms in total. The highest BCUT2D eigenvalue weighted by Crippen LogP contribution is 2.42. The van der Waals surface area contributed by atoms with E-state index >= 15 is 0 Å². The van der Waals surface area contributed by atoms with Gasteiger partial charge in [0.2, 0.25) is 0 Å². The van der Waals surface area contributed by atoms with E-state index in [2.05, 4.69) is 74.5 Å². The molecule has 1 heteroatoms. The molecule has 0 N–H and O–H groups in total. The summed E-state index contributed by atoms with van der Waals surface area (Å²) in [5.41, 5.74) is 2.70. The average Bonchev–Trinajstić information content (AvgIpc) is 2.95. The normalized spacial score (nSPS) is 11.9. The minimum atomic E-state index is 1.35. The van der Waals surface area contributed by atoms with Crippen LogP contribution in [-0.4, -0.2) is 0 Å². The third-order valence-corrected chi connectivity index (χ3v) is 6.24. The van der Waals surface area contributed by atoms with Crippen LogP contribution < -0.4 is 0 Å². The van der Waals surface area contributed by atoms with Gasteiger partial charge in [0.25, 0.3) is 0 Å². The van der Waals surface area contributed by atoms with E-state index in [4.69, 9.17) is 0 Å². The zero-order chi connectivity index (χ0) is 15.6. The lowest BCUT2D eigenvalue weighted by molar-refractivity contribution is 1.54. The lowest BCUT2D eigenvalue weighted by Crippen LogP contribution is -1.78. The van der Waals surface area contributed by atoms with Gasteiger partial charge in [-0.25, -0.2) is 0 Å². The lowest BCUT2D eigenvalue weighted by atomic mass is 10.0. The Kier molecular flexibility index (Phi) is 2.60. The smallest absolute Gasteiger partial charge is 0.0434 e. The number of thiophene rings is 1.